The Morgan fingerprint density at radius 2 is 1.96 bits per heavy atom. The lowest BCUT2D eigenvalue weighted by Crippen LogP contribution is -2.48. The number of hydrogen-bond donors (Lipinski definition) is 0. The van der Waals surface area contributed by atoms with Gasteiger partial charge in [-0.05, 0) is 19.4 Å². The Morgan fingerprint density at radius 3 is 2.61 bits per heavy atom. The number of ether oxygens (including phenoxy) is 1. The summed E-state index contributed by atoms with van der Waals surface area (Å²) in [5.41, 5.74) is 2.03. The van der Waals surface area contributed by atoms with Crippen LogP contribution in [0.4, 0.5) is 0 Å². The molecule has 1 saturated heterocycles. The molecule has 3 rings (SSSR count). The van der Waals surface area contributed by atoms with Crippen molar-refractivity contribution in [2.24, 2.45) is 0 Å². The minimum Gasteiger partial charge on any atom is -0.379 e. The second-order valence-electron chi connectivity index (χ2n) is 7.31. The summed E-state index contributed by atoms with van der Waals surface area (Å²) < 4.78 is 7.12. The van der Waals surface area contributed by atoms with Crippen molar-refractivity contribution in [1.82, 2.24) is 14.4 Å². The number of carbonyl (C=O) groups is 1. The van der Waals surface area contributed by atoms with Gasteiger partial charge in [0.25, 0.3) is 0 Å². The second-order valence-corrected chi connectivity index (χ2v) is 8.13. The van der Waals surface area contributed by atoms with Gasteiger partial charge in [0, 0.05) is 56.3 Å². The summed E-state index contributed by atoms with van der Waals surface area (Å²) in [7, 11) is 0. The van der Waals surface area contributed by atoms with Gasteiger partial charge in [0.05, 0.1) is 13.2 Å². The van der Waals surface area contributed by atoms with Crippen LogP contribution in [0.1, 0.15) is 24.6 Å². The van der Waals surface area contributed by atoms with Crippen LogP contribution in [-0.2, 0) is 22.6 Å². The molecular formula is C21H29N3O3S. The Morgan fingerprint density at radius 1 is 1.25 bits per heavy atom. The highest BCUT2D eigenvalue weighted by Gasteiger charge is 2.23. The molecule has 1 aromatic heterocycles. The first-order valence-electron chi connectivity index (χ1n) is 9.83. The van der Waals surface area contributed by atoms with Crippen molar-refractivity contribution in [1.29, 1.82) is 0 Å². The summed E-state index contributed by atoms with van der Waals surface area (Å²) in [4.78, 5) is 29.4. The first kappa shape index (κ1) is 20.8. The van der Waals surface area contributed by atoms with Crippen molar-refractivity contribution in [3.8, 4) is 0 Å². The Bertz CT molecular complexity index is 812. The zero-order valence-electron chi connectivity index (χ0n) is 16.7. The quantitative estimate of drug-likeness (QED) is 0.679. The van der Waals surface area contributed by atoms with Crippen LogP contribution < -0.4 is 4.87 Å². The molecule has 0 aliphatic carbocycles. The minimum atomic E-state index is 0.00118. The summed E-state index contributed by atoms with van der Waals surface area (Å²) in [6.07, 6.45) is 0.331. The number of amides is 1. The molecule has 7 heteroatoms. The van der Waals surface area contributed by atoms with Gasteiger partial charge in [-0.2, -0.15) is 0 Å². The lowest BCUT2D eigenvalue weighted by atomic mass is 10.1. The van der Waals surface area contributed by atoms with Gasteiger partial charge in [-0.1, -0.05) is 41.7 Å². The number of nitrogens with zero attached hydrogens (tertiary/aromatic N) is 3. The van der Waals surface area contributed by atoms with Gasteiger partial charge in [-0.3, -0.25) is 14.5 Å². The minimum absolute atomic E-state index is 0.00118. The van der Waals surface area contributed by atoms with Crippen molar-refractivity contribution < 1.29 is 9.53 Å². The van der Waals surface area contributed by atoms with E-state index in [9.17, 15) is 9.59 Å². The van der Waals surface area contributed by atoms with Gasteiger partial charge in [-0.15, -0.1) is 0 Å². The largest absolute Gasteiger partial charge is 0.379 e. The molecule has 0 radical (unpaired) electrons. The second kappa shape index (κ2) is 10.0. The Labute approximate surface area is 170 Å². The molecule has 1 unspecified atom stereocenters. The van der Waals surface area contributed by atoms with Crippen LogP contribution in [0.15, 0.2) is 40.5 Å². The van der Waals surface area contributed by atoms with Gasteiger partial charge in [0.15, 0.2) is 0 Å². The number of thiazole rings is 1. The van der Waals surface area contributed by atoms with Crippen LogP contribution in [0.3, 0.4) is 0 Å². The average molecular weight is 404 g/mol. The topological polar surface area (TPSA) is 54.8 Å². The van der Waals surface area contributed by atoms with E-state index in [1.807, 2.05) is 35.4 Å². The van der Waals surface area contributed by atoms with Gasteiger partial charge in [-0.25, -0.2) is 0 Å². The number of benzene rings is 1. The van der Waals surface area contributed by atoms with Crippen molar-refractivity contribution in [2.45, 2.75) is 39.4 Å². The Hall–Kier alpha value is -1.96. The van der Waals surface area contributed by atoms with E-state index in [0.717, 1.165) is 44.1 Å². The van der Waals surface area contributed by atoms with Crippen molar-refractivity contribution >= 4 is 17.2 Å². The highest BCUT2D eigenvalue weighted by molar-refractivity contribution is 7.07. The summed E-state index contributed by atoms with van der Waals surface area (Å²) in [5, 5.41) is 1.84. The molecular weight excluding hydrogens is 374 g/mol. The van der Waals surface area contributed by atoms with Crippen LogP contribution in [0.25, 0.3) is 0 Å². The third kappa shape index (κ3) is 5.53. The molecule has 1 aliphatic heterocycles. The predicted octanol–water partition coefficient (Wildman–Crippen LogP) is 2.36. The van der Waals surface area contributed by atoms with Gasteiger partial charge in [0.2, 0.25) is 5.91 Å². The molecule has 28 heavy (non-hydrogen) atoms. The molecule has 6 nitrogen and oxygen atoms in total. The van der Waals surface area contributed by atoms with Crippen LogP contribution in [0.2, 0.25) is 0 Å². The normalized spacial score (nSPS) is 16.1. The molecule has 1 aromatic carbocycles. The standard InChI is InChI=1S/C21H29N3O3S/c1-17(14-22-10-12-27-13-11-22)24(15-19-6-4-3-5-7-19)20(25)8-9-23-18(2)16-28-21(23)26/h3-7,16-17H,8-15H2,1-2H3. The summed E-state index contributed by atoms with van der Waals surface area (Å²) in [5.74, 6) is 0.0853. The van der Waals surface area contributed by atoms with Crippen LogP contribution >= 0.6 is 11.3 Å². The molecule has 1 aliphatic rings. The number of morpholine rings is 1. The Balaban J connectivity index is 1.68. The van der Waals surface area contributed by atoms with Crippen LogP contribution in [0.5, 0.6) is 0 Å². The van der Waals surface area contributed by atoms with E-state index in [4.69, 9.17) is 4.74 Å². The van der Waals surface area contributed by atoms with Crippen molar-refractivity contribution in [2.75, 3.05) is 32.8 Å². The highest BCUT2D eigenvalue weighted by atomic mass is 32.1. The van der Waals surface area contributed by atoms with E-state index in [2.05, 4.69) is 24.0 Å². The Kier molecular flexibility index (Phi) is 7.42. The predicted molar refractivity (Wildman–Crippen MR) is 112 cm³/mol. The van der Waals surface area contributed by atoms with E-state index in [1.165, 1.54) is 11.3 Å². The number of aromatic nitrogens is 1. The fourth-order valence-corrected chi connectivity index (χ4v) is 4.31. The zero-order chi connectivity index (χ0) is 19.9. The maximum absolute atomic E-state index is 13.1. The molecule has 1 amide bonds. The molecule has 2 heterocycles. The number of aryl methyl sites for hydroxylation is 1. The smallest absolute Gasteiger partial charge is 0.307 e. The maximum Gasteiger partial charge on any atom is 0.307 e. The van der Waals surface area contributed by atoms with Crippen LogP contribution in [-0.4, -0.2) is 59.2 Å². The number of rotatable bonds is 8. The van der Waals surface area contributed by atoms with Gasteiger partial charge < -0.3 is 14.2 Å². The fourth-order valence-electron chi connectivity index (χ4n) is 3.55. The van der Waals surface area contributed by atoms with Crippen molar-refractivity contribution in [3.63, 3.8) is 0 Å². The number of carbonyl (C=O) groups excluding carboxylic acids is 1. The number of hydrogen-bond acceptors (Lipinski definition) is 5. The van der Waals surface area contributed by atoms with Crippen LogP contribution in [0, 0.1) is 6.92 Å². The lowest BCUT2D eigenvalue weighted by Gasteiger charge is -2.35. The average Bonchev–Trinajstić information content (AvgIpc) is 3.03. The fraction of sp³-hybridized carbons (Fsp3) is 0.524. The van der Waals surface area contributed by atoms with E-state index in [1.54, 1.807) is 4.57 Å². The zero-order valence-corrected chi connectivity index (χ0v) is 17.5. The van der Waals surface area contributed by atoms with E-state index < -0.39 is 0 Å². The molecule has 0 saturated carbocycles. The highest BCUT2D eigenvalue weighted by Crippen LogP contribution is 2.13. The molecule has 0 N–H and O–H groups in total. The maximum atomic E-state index is 13.1. The van der Waals surface area contributed by atoms with Crippen molar-refractivity contribution in [3.05, 3.63) is 56.6 Å². The van der Waals surface area contributed by atoms with Gasteiger partial charge >= 0.3 is 4.87 Å². The molecule has 2 aromatic rings. The SMILES string of the molecule is Cc1csc(=O)n1CCC(=O)N(Cc1ccccc1)C(C)CN1CCOCC1. The monoisotopic (exact) mass is 403 g/mol. The molecule has 152 valence electrons. The summed E-state index contributed by atoms with van der Waals surface area (Å²) in [6, 6.07) is 10.2. The lowest BCUT2D eigenvalue weighted by molar-refractivity contribution is -0.134. The third-order valence-corrected chi connectivity index (χ3v) is 6.08. The molecule has 1 atom stereocenters. The van der Waals surface area contributed by atoms with E-state index in [-0.39, 0.29) is 16.8 Å². The molecule has 0 bridgehead atoms. The first-order valence-corrected chi connectivity index (χ1v) is 10.7. The molecule has 0 spiro atoms. The summed E-state index contributed by atoms with van der Waals surface area (Å²) >= 11 is 1.19. The first-order chi connectivity index (χ1) is 13.5. The molecule has 1 fully saturated rings. The third-order valence-electron chi connectivity index (χ3n) is 5.20. The van der Waals surface area contributed by atoms with Gasteiger partial charge in [0.1, 0.15) is 0 Å². The van der Waals surface area contributed by atoms with E-state index in [0.29, 0.717) is 19.5 Å². The van der Waals surface area contributed by atoms with E-state index >= 15 is 0 Å². The summed E-state index contributed by atoms with van der Waals surface area (Å²) in [6.45, 7) is 9.18.